The number of hydrogen-bond acceptors (Lipinski definition) is 5. The van der Waals surface area contributed by atoms with E-state index >= 15 is 0 Å². The number of nitrogens with zero attached hydrogens (tertiary/aromatic N) is 1. The minimum Gasteiger partial charge on any atom is -0.474 e. The molecule has 3 aromatic rings. The third-order valence-electron chi connectivity index (χ3n) is 5.25. The molecule has 1 saturated heterocycles. The molecule has 1 aliphatic rings. The molecular weight excluding hydrogens is 456 g/mol. The van der Waals surface area contributed by atoms with Gasteiger partial charge in [-0.3, -0.25) is 9.59 Å². The van der Waals surface area contributed by atoms with Gasteiger partial charge in [0.2, 0.25) is 5.88 Å². The van der Waals surface area contributed by atoms with E-state index in [0.29, 0.717) is 11.4 Å². The van der Waals surface area contributed by atoms with Gasteiger partial charge in [-0.2, -0.15) is 0 Å². The summed E-state index contributed by atoms with van der Waals surface area (Å²) in [6.07, 6.45) is 5.04. The fourth-order valence-electron chi connectivity index (χ4n) is 3.52. The predicted molar refractivity (Wildman–Crippen MR) is 119 cm³/mol. The lowest BCUT2D eigenvalue weighted by atomic mass is 10.0. The van der Waals surface area contributed by atoms with Gasteiger partial charge in [0.25, 0.3) is 0 Å². The number of ketones is 2. The van der Waals surface area contributed by atoms with E-state index in [-0.39, 0.29) is 45.2 Å². The lowest BCUT2D eigenvalue weighted by molar-refractivity contribution is 0.0988. The molecule has 2 aromatic heterocycles. The maximum Gasteiger partial charge on any atom is 0.213 e. The Morgan fingerprint density at radius 2 is 1.88 bits per heavy atom. The number of ether oxygens (including phenoxy) is 1. The summed E-state index contributed by atoms with van der Waals surface area (Å²) in [6.45, 7) is 1.85. The average Bonchev–Trinajstić information content (AvgIpc) is 3.29. The first-order chi connectivity index (χ1) is 15.4. The highest BCUT2D eigenvalue weighted by Gasteiger charge is 2.22. The minimum atomic E-state index is -0.892. The highest BCUT2D eigenvalue weighted by molar-refractivity contribution is 6.37. The van der Waals surface area contributed by atoms with Crippen LogP contribution in [0.4, 0.5) is 4.39 Å². The van der Waals surface area contributed by atoms with Gasteiger partial charge >= 0.3 is 0 Å². The third kappa shape index (κ3) is 5.01. The van der Waals surface area contributed by atoms with E-state index in [0.717, 1.165) is 25.9 Å². The molecule has 0 saturated carbocycles. The quantitative estimate of drug-likeness (QED) is 0.384. The molecule has 1 aliphatic heterocycles. The Kier molecular flexibility index (Phi) is 6.89. The number of aromatic nitrogens is 2. The van der Waals surface area contributed by atoms with Gasteiger partial charge in [-0.15, -0.1) is 0 Å². The van der Waals surface area contributed by atoms with Crippen molar-refractivity contribution < 1.29 is 18.7 Å². The van der Waals surface area contributed by atoms with Crippen molar-refractivity contribution in [3.05, 3.63) is 81.0 Å². The first-order valence-corrected chi connectivity index (χ1v) is 10.9. The first-order valence-electron chi connectivity index (χ1n) is 10.1. The molecule has 0 unspecified atom stereocenters. The lowest BCUT2D eigenvalue weighted by Crippen LogP contribution is -2.34. The second kappa shape index (κ2) is 9.81. The van der Waals surface area contributed by atoms with Crippen molar-refractivity contribution in [2.24, 2.45) is 0 Å². The maximum atomic E-state index is 14.3. The van der Waals surface area contributed by atoms with Crippen LogP contribution < -0.4 is 10.1 Å². The Bertz CT molecular complexity index is 1140. The number of H-pyrrole nitrogens is 1. The number of rotatable bonds is 7. The molecule has 0 spiro atoms. The van der Waals surface area contributed by atoms with Crippen LogP contribution in [0.3, 0.4) is 0 Å². The summed E-state index contributed by atoms with van der Waals surface area (Å²) in [5, 5.41) is 3.02. The van der Waals surface area contributed by atoms with Crippen molar-refractivity contribution in [3.63, 3.8) is 0 Å². The van der Waals surface area contributed by atoms with Crippen LogP contribution in [0, 0.1) is 5.82 Å². The number of carbonyl (C=O) groups excluding carboxylic acids is 2. The van der Waals surface area contributed by atoms with Crippen LogP contribution in [-0.2, 0) is 6.42 Å². The first kappa shape index (κ1) is 22.5. The van der Waals surface area contributed by atoms with Gasteiger partial charge in [0, 0.05) is 30.4 Å². The van der Waals surface area contributed by atoms with Crippen LogP contribution in [0.5, 0.6) is 5.88 Å². The highest BCUT2D eigenvalue weighted by atomic mass is 35.5. The molecule has 0 aliphatic carbocycles. The zero-order chi connectivity index (χ0) is 22.7. The van der Waals surface area contributed by atoms with Gasteiger partial charge in [0.15, 0.2) is 17.4 Å². The summed E-state index contributed by atoms with van der Waals surface area (Å²) in [4.78, 5) is 32.4. The van der Waals surface area contributed by atoms with Crippen LogP contribution in [0.25, 0.3) is 0 Å². The van der Waals surface area contributed by atoms with Crippen molar-refractivity contribution in [1.29, 1.82) is 0 Å². The largest absolute Gasteiger partial charge is 0.474 e. The van der Waals surface area contributed by atoms with E-state index in [1.807, 2.05) is 0 Å². The summed E-state index contributed by atoms with van der Waals surface area (Å²) < 4.78 is 20.2. The SMILES string of the molecule is O=C(Cc1ccc(OC2CCNCC2)nc1)c1cc(C(=O)c2c(Cl)ccc(Cl)c2F)c[nH]1. The Hall–Kier alpha value is -2.74. The molecule has 0 atom stereocenters. The van der Waals surface area contributed by atoms with Crippen LogP contribution >= 0.6 is 23.2 Å². The monoisotopic (exact) mass is 475 g/mol. The fraction of sp³-hybridized carbons (Fsp3) is 0.261. The number of aromatic amines is 1. The minimum absolute atomic E-state index is 0.0520. The standard InChI is InChI=1S/C23H20Cl2FN3O3/c24-16-2-3-17(25)22(26)21(16)23(31)14-10-18(28-12-14)19(30)9-13-1-4-20(29-11-13)32-15-5-7-27-8-6-15/h1-4,10-12,15,27-28H,5-9H2. The molecule has 1 aromatic carbocycles. The Labute approximate surface area is 194 Å². The summed E-state index contributed by atoms with van der Waals surface area (Å²) >= 11 is 11.7. The fourth-order valence-corrected chi connectivity index (χ4v) is 3.91. The van der Waals surface area contributed by atoms with Gasteiger partial charge < -0.3 is 15.0 Å². The zero-order valence-electron chi connectivity index (χ0n) is 17.0. The molecule has 166 valence electrons. The molecule has 3 heterocycles. The molecule has 6 nitrogen and oxygen atoms in total. The normalized spacial score (nSPS) is 14.3. The van der Waals surface area contributed by atoms with Gasteiger partial charge in [-0.25, -0.2) is 9.37 Å². The van der Waals surface area contributed by atoms with E-state index in [1.165, 1.54) is 24.4 Å². The molecule has 4 rings (SSSR count). The Balaban J connectivity index is 1.42. The van der Waals surface area contributed by atoms with Gasteiger partial charge in [-0.1, -0.05) is 29.3 Å². The lowest BCUT2D eigenvalue weighted by Gasteiger charge is -2.23. The number of hydrogen-bond donors (Lipinski definition) is 2. The van der Waals surface area contributed by atoms with E-state index < -0.39 is 11.6 Å². The number of Topliss-reactive ketones (excluding diaryl/α,β-unsaturated/α-hetero) is 1. The Morgan fingerprint density at radius 3 is 2.59 bits per heavy atom. The average molecular weight is 476 g/mol. The number of carbonyl (C=O) groups is 2. The molecule has 0 amide bonds. The van der Waals surface area contributed by atoms with Crippen LogP contribution in [-0.4, -0.2) is 40.7 Å². The Morgan fingerprint density at radius 1 is 1.12 bits per heavy atom. The smallest absolute Gasteiger partial charge is 0.213 e. The number of piperidine rings is 1. The highest BCUT2D eigenvalue weighted by Crippen LogP contribution is 2.28. The van der Waals surface area contributed by atoms with Crippen LogP contribution in [0.15, 0.2) is 42.7 Å². The molecule has 0 bridgehead atoms. The number of halogens is 3. The maximum absolute atomic E-state index is 14.3. The van der Waals surface area contributed by atoms with Crippen molar-refractivity contribution in [2.75, 3.05) is 13.1 Å². The van der Waals surface area contributed by atoms with Gasteiger partial charge in [0.05, 0.1) is 21.3 Å². The van der Waals surface area contributed by atoms with E-state index in [4.69, 9.17) is 27.9 Å². The molecule has 0 radical (unpaired) electrons. The van der Waals surface area contributed by atoms with Crippen molar-refractivity contribution in [1.82, 2.24) is 15.3 Å². The summed E-state index contributed by atoms with van der Waals surface area (Å²) in [5.41, 5.74) is 0.715. The van der Waals surface area contributed by atoms with Crippen molar-refractivity contribution in [3.8, 4) is 5.88 Å². The van der Waals surface area contributed by atoms with Crippen molar-refractivity contribution in [2.45, 2.75) is 25.4 Å². The molecule has 9 heteroatoms. The van der Waals surface area contributed by atoms with Crippen molar-refractivity contribution >= 4 is 34.8 Å². The summed E-state index contributed by atoms with van der Waals surface area (Å²) in [5.74, 6) is -1.26. The summed E-state index contributed by atoms with van der Waals surface area (Å²) in [6, 6.07) is 7.54. The van der Waals surface area contributed by atoms with Crippen LogP contribution in [0.1, 0.15) is 44.8 Å². The molecule has 1 fully saturated rings. The third-order valence-corrected chi connectivity index (χ3v) is 5.86. The number of nitrogens with one attached hydrogen (secondary N) is 2. The molecule has 2 N–H and O–H groups in total. The van der Waals surface area contributed by atoms with E-state index in [1.54, 1.807) is 18.3 Å². The summed E-state index contributed by atoms with van der Waals surface area (Å²) in [7, 11) is 0. The zero-order valence-corrected chi connectivity index (χ0v) is 18.5. The number of benzene rings is 1. The second-order valence-corrected chi connectivity index (χ2v) is 8.34. The molecule has 32 heavy (non-hydrogen) atoms. The predicted octanol–water partition coefficient (Wildman–Crippen LogP) is 4.64. The topological polar surface area (TPSA) is 84.1 Å². The molecular formula is C23H20Cl2FN3O3. The van der Waals surface area contributed by atoms with Gasteiger partial charge in [0.1, 0.15) is 6.10 Å². The number of pyridine rings is 1. The van der Waals surface area contributed by atoms with E-state index in [9.17, 15) is 14.0 Å². The van der Waals surface area contributed by atoms with Gasteiger partial charge in [-0.05, 0) is 49.7 Å². The van der Waals surface area contributed by atoms with E-state index in [2.05, 4.69) is 15.3 Å². The van der Waals surface area contributed by atoms with Crippen LogP contribution in [0.2, 0.25) is 10.0 Å². The second-order valence-electron chi connectivity index (χ2n) is 7.52.